The summed E-state index contributed by atoms with van der Waals surface area (Å²) in [5, 5.41) is 0. The summed E-state index contributed by atoms with van der Waals surface area (Å²) in [5.74, 6) is 0. The van der Waals surface area contributed by atoms with E-state index in [1.807, 2.05) is 42.5 Å². The van der Waals surface area contributed by atoms with Crippen LogP contribution in [0.2, 0.25) is 17.7 Å². The summed E-state index contributed by atoms with van der Waals surface area (Å²) in [7, 11) is 1.70. The molecule has 0 radical (unpaired) electrons. The third-order valence-corrected chi connectivity index (χ3v) is 24.9. The van der Waals surface area contributed by atoms with Gasteiger partial charge in [-0.2, -0.15) is 0 Å². The van der Waals surface area contributed by atoms with E-state index in [1.54, 1.807) is 7.11 Å². The fourth-order valence-electron chi connectivity index (χ4n) is 6.82. The van der Waals surface area contributed by atoms with Crippen LogP contribution < -0.4 is 0 Å². The van der Waals surface area contributed by atoms with Gasteiger partial charge in [0.05, 0.1) is 0 Å². The van der Waals surface area contributed by atoms with Gasteiger partial charge >= 0.3 is 291 Å². The molecule has 0 bridgehead atoms. The van der Waals surface area contributed by atoms with Gasteiger partial charge in [0.2, 0.25) is 0 Å². The molecule has 1 aliphatic heterocycles. The summed E-state index contributed by atoms with van der Waals surface area (Å²) in [5.41, 5.74) is 3.31. The second kappa shape index (κ2) is 21.9. The van der Waals surface area contributed by atoms with Crippen molar-refractivity contribution in [2.24, 2.45) is 0 Å². The number of benzene rings is 3. The van der Waals surface area contributed by atoms with Gasteiger partial charge in [-0.1, -0.05) is 6.07 Å². The van der Waals surface area contributed by atoms with E-state index in [9.17, 15) is 0 Å². The summed E-state index contributed by atoms with van der Waals surface area (Å²) in [6, 6.07) is 30.9. The van der Waals surface area contributed by atoms with Crippen LogP contribution in [-0.4, -0.2) is 56.2 Å². The number of hydrogen-bond donors (Lipinski definition) is 0. The van der Waals surface area contributed by atoms with Crippen molar-refractivity contribution in [1.82, 2.24) is 0 Å². The van der Waals surface area contributed by atoms with Crippen molar-refractivity contribution in [3.63, 3.8) is 0 Å². The van der Waals surface area contributed by atoms with Gasteiger partial charge in [0.15, 0.2) is 0 Å². The maximum atomic E-state index is 6.82. The van der Waals surface area contributed by atoms with E-state index in [1.165, 1.54) is 56.3 Å². The second-order valence-corrected chi connectivity index (χ2v) is 27.4. The van der Waals surface area contributed by atoms with Crippen LogP contribution in [0.15, 0.2) is 103 Å². The van der Waals surface area contributed by atoms with E-state index in [0.717, 1.165) is 16.7 Å². The van der Waals surface area contributed by atoms with Crippen LogP contribution in [0.1, 0.15) is 76.0 Å². The third-order valence-electron chi connectivity index (χ3n) is 9.68. The normalized spacial score (nSPS) is 21.5. The zero-order valence-electron chi connectivity index (χ0n) is 29.9. The fraction of sp³-hybridized carbons (Fsp3) is 0.524. The Morgan fingerprint density at radius 3 is 1.42 bits per heavy atom. The molecule has 1 aliphatic rings. The SMILES string of the molecule is CCC[CH2][Sn]([CH2]/C=C/[C@H]1O[C@H](OC)[C@@H](OCc2ccccc2)[C@@H](OCc2ccccc2)[C@@H]1OCc1ccccc1)([CH2]CCC)[CH2]CCC. The van der Waals surface area contributed by atoms with E-state index in [-0.39, 0.29) is 12.2 Å². The summed E-state index contributed by atoms with van der Waals surface area (Å²) in [4.78, 5) is 0. The summed E-state index contributed by atoms with van der Waals surface area (Å²) >= 11 is -2.39. The zero-order chi connectivity index (χ0) is 33.9. The molecule has 0 aromatic heterocycles. The molecule has 48 heavy (non-hydrogen) atoms. The first kappa shape index (κ1) is 38.8. The zero-order valence-corrected chi connectivity index (χ0v) is 32.8. The molecule has 0 spiro atoms. The predicted octanol–water partition coefficient (Wildman–Crippen LogP) is 10.5. The Balaban J connectivity index is 1.64. The number of hydrogen-bond acceptors (Lipinski definition) is 5. The molecular formula is C42H60O5Sn. The number of allylic oxidation sites excluding steroid dienone is 1. The van der Waals surface area contributed by atoms with Crippen molar-refractivity contribution in [1.29, 1.82) is 0 Å². The molecule has 0 saturated carbocycles. The molecule has 0 aliphatic carbocycles. The first-order valence-corrected chi connectivity index (χ1v) is 26.5. The van der Waals surface area contributed by atoms with Crippen LogP contribution in [0, 0.1) is 0 Å². The van der Waals surface area contributed by atoms with Crippen LogP contribution in [0.25, 0.3) is 0 Å². The van der Waals surface area contributed by atoms with Crippen molar-refractivity contribution < 1.29 is 23.7 Å². The molecule has 5 nitrogen and oxygen atoms in total. The van der Waals surface area contributed by atoms with Gasteiger partial charge < -0.3 is 0 Å². The van der Waals surface area contributed by atoms with E-state index >= 15 is 0 Å². The van der Waals surface area contributed by atoms with Crippen LogP contribution in [0.5, 0.6) is 0 Å². The van der Waals surface area contributed by atoms with Gasteiger partial charge in [0, 0.05) is 0 Å². The topological polar surface area (TPSA) is 46.2 Å². The molecule has 6 heteroatoms. The molecule has 3 aromatic carbocycles. The summed E-state index contributed by atoms with van der Waals surface area (Å²) in [6.07, 6.45) is 10.5. The number of rotatable bonds is 22. The fourth-order valence-corrected chi connectivity index (χ4v) is 22.0. The first-order chi connectivity index (χ1) is 23.6. The number of methoxy groups -OCH3 is 1. The Hall–Kier alpha value is -2.00. The van der Waals surface area contributed by atoms with Gasteiger partial charge in [0.25, 0.3) is 0 Å². The van der Waals surface area contributed by atoms with E-state index in [0.29, 0.717) is 19.8 Å². The minimum atomic E-state index is -2.39. The molecule has 0 unspecified atom stereocenters. The van der Waals surface area contributed by atoms with Crippen molar-refractivity contribution in [2.45, 2.75) is 128 Å². The molecule has 0 N–H and O–H groups in total. The van der Waals surface area contributed by atoms with Crippen LogP contribution in [0.3, 0.4) is 0 Å². The summed E-state index contributed by atoms with van der Waals surface area (Å²) < 4.78 is 38.7. The predicted molar refractivity (Wildman–Crippen MR) is 200 cm³/mol. The molecule has 4 rings (SSSR count). The van der Waals surface area contributed by atoms with Gasteiger partial charge in [-0.25, -0.2) is 0 Å². The average molecular weight is 764 g/mol. The molecule has 262 valence electrons. The molecule has 5 atom stereocenters. The molecule has 1 saturated heterocycles. The van der Waals surface area contributed by atoms with Gasteiger partial charge in [-0.15, -0.1) is 0 Å². The molecule has 1 heterocycles. The number of ether oxygens (including phenoxy) is 5. The molecule has 1 fully saturated rings. The molecule has 3 aromatic rings. The van der Waals surface area contributed by atoms with E-state index < -0.39 is 36.9 Å². The Bertz CT molecular complexity index is 1250. The van der Waals surface area contributed by atoms with Gasteiger partial charge in [-0.05, 0) is 0 Å². The second-order valence-electron chi connectivity index (χ2n) is 13.4. The quantitative estimate of drug-likeness (QED) is 0.0753. The summed E-state index contributed by atoms with van der Waals surface area (Å²) in [6.45, 7) is 8.35. The maximum absolute atomic E-state index is 6.82. The Labute approximate surface area is 295 Å². The third kappa shape index (κ3) is 12.4. The van der Waals surface area contributed by atoms with Crippen LogP contribution in [0.4, 0.5) is 0 Å². The van der Waals surface area contributed by atoms with Crippen molar-refractivity contribution in [3.05, 3.63) is 120 Å². The molecule has 0 amide bonds. The monoisotopic (exact) mass is 764 g/mol. The Kier molecular flexibility index (Phi) is 17.7. The standard InChI is InChI=1S/C30H33O5.3C4H9.Sn/c1-3-13-26-27(32-20-23-14-7-4-8-15-23)28(33-21-24-16-9-5-10-17-24)29(30(31-2)35-26)34-22-25-18-11-6-12-19-25;3*1-3-4-2;/h3-19,26-30H,1,20-22H2,2H3;3*1,3-4H2,2H3;/b13-3+;;;;/t26-,27-,28+,29+,30+;;;;/m1..../s1. The van der Waals surface area contributed by atoms with Gasteiger partial charge in [0.1, 0.15) is 0 Å². The first-order valence-electron chi connectivity index (χ1n) is 18.4. The van der Waals surface area contributed by atoms with Crippen LogP contribution >= 0.6 is 0 Å². The molecular weight excluding hydrogens is 703 g/mol. The Morgan fingerprint density at radius 2 is 1.00 bits per heavy atom. The van der Waals surface area contributed by atoms with Crippen molar-refractivity contribution in [3.8, 4) is 0 Å². The Morgan fingerprint density at radius 1 is 0.583 bits per heavy atom. The van der Waals surface area contributed by atoms with E-state index in [2.05, 4.69) is 81.5 Å². The van der Waals surface area contributed by atoms with E-state index in [4.69, 9.17) is 23.7 Å². The van der Waals surface area contributed by atoms with Crippen molar-refractivity contribution in [2.75, 3.05) is 7.11 Å². The van der Waals surface area contributed by atoms with Crippen molar-refractivity contribution >= 4 is 18.4 Å². The number of unbranched alkanes of at least 4 members (excludes halogenated alkanes) is 3. The minimum absolute atomic E-state index is 0.330. The average Bonchev–Trinajstić information content (AvgIpc) is 3.14. The van der Waals surface area contributed by atoms with Crippen LogP contribution in [-0.2, 0) is 43.5 Å². The van der Waals surface area contributed by atoms with Gasteiger partial charge in [-0.3, -0.25) is 0 Å².